The fourth-order valence-electron chi connectivity index (χ4n) is 2.31. The summed E-state index contributed by atoms with van der Waals surface area (Å²) in [6, 6.07) is 0. The molecular formula is C13H20O4. The second-order valence-electron chi connectivity index (χ2n) is 4.54. The normalized spacial score (nSPS) is 40.1. The topological polar surface area (TPSA) is 58.9 Å². The van der Waals surface area contributed by atoms with E-state index in [1.54, 1.807) is 0 Å². The minimum absolute atomic E-state index is 0.0212. The molecule has 2 rings (SSSR count). The predicted molar refractivity (Wildman–Crippen MR) is 63.4 cm³/mol. The molecule has 4 heteroatoms. The maximum atomic E-state index is 10.2. The van der Waals surface area contributed by atoms with Crippen molar-refractivity contribution in [2.24, 2.45) is 0 Å². The smallest absolute Gasteiger partial charge is 0.199 e. The van der Waals surface area contributed by atoms with Crippen LogP contribution >= 0.6 is 0 Å². The third-order valence-corrected chi connectivity index (χ3v) is 3.32. The second kappa shape index (κ2) is 5.31. The Hall–Kier alpha value is -0.680. The van der Waals surface area contributed by atoms with Crippen molar-refractivity contribution in [3.8, 4) is 0 Å². The molecule has 0 aliphatic carbocycles. The van der Waals surface area contributed by atoms with E-state index in [1.165, 1.54) is 0 Å². The molecule has 17 heavy (non-hydrogen) atoms. The Morgan fingerprint density at radius 3 is 3.00 bits per heavy atom. The third kappa shape index (κ3) is 2.45. The highest BCUT2D eigenvalue weighted by atomic mass is 16.7. The highest BCUT2D eigenvalue weighted by Crippen LogP contribution is 2.41. The summed E-state index contributed by atoms with van der Waals surface area (Å²) in [5.74, 6) is -0.917. The largest absolute Gasteiger partial charge is 0.394 e. The lowest BCUT2D eigenvalue weighted by Gasteiger charge is -2.26. The Balaban J connectivity index is 2.05. The van der Waals surface area contributed by atoms with Crippen LogP contribution in [0.3, 0.4) is 0 Å². The minimum Gasteiger partial charge on any atom is -0.394 e. The van der Waals surface area contributed by atoms with Crippen LogP contribution in [0, 0.1) is 0 Å². The van der Waals surface area contributed by atoms with E-state index in [0.717, 1.165) is 18.4 Å². The summed E-state index contributed by atoms with van der Waals surface area (Å²) in [5, 5.41) is 19.3. The van der Waals surface area contributed by atoms with E-state index in [-0.39, 0.29) is 12.7 Å². The average molecular weight is 240 g/mol. The first-order valence-electron chi connectivity index (χ1n) is 6.18. The van der Waals surface area contributed by atoms with Crippen LogP contribution in [0.25, 0.3) is 0 Å². The zero-order valence-corrected chi connectivity index (χ0v) is 10.1. The third-order valence-electron chi connectivity index (χ3n) is 3.32. The number of ether oxygens (including phenoxy) is 2. The summed E-state index contributed by atoms with van der Waals surface area (Å²) in [7, 11) is 0. The van der Waals surface area contributed by atoms with E-state index in [1.807, 2.05) is 18.2 Å². The van der Waals surface area contributed by atoms with Gasteiger partial charge in [-0.3, -0.25) is 0 Å². The van der Waals surface area contributed by atoms with Crippen LogP contribution in [0.15, 0.2) is 23.8 Å². The van der Waals surface area contributed by atoms with Gasteiger partial charge >= 0.3 is 0 Å². The first kappa shape index (κ1) is 12.8. The Morgan fingerprint density at radius 2 is 2.35 bits per heavy atom. The van der Waals surface area contributed by atoms with Gasteiger partial charge in [0.05, 0.1) is 19.3 Å². The van der Waals surface area contributed by atoms with Crippen molar-refractivity contribution in [2.45, 2.75) is 44.2 Å². The second-order valence-corrected chi connectivity index (χ2v) is 4.54. The van der Waals surface area contributed by atoms with Crippen molar-refractivity contribution >= 4 is 0 Å². The number of hydrogen-bond acceptors (Lipinski definition) is 4. The van der Waals surface area contributed by atoms with Gasteiger partial charge in [-0.05, 0) is 18.4 Å². The first-order valence-corrected chi connectivity index (χ1v) is 6.18. The number of aliphatic hydroxyl groups excluding tert-OH is 2. The van der Waals surface area contributed by atoms with E-state index in [9.17, 15) is 5.11 Å². The van der Waals surface area contributed by atoms with Crippen molar-refractivity contribution in [1.82, 2.24) is 0 Å². The van der Waals surface area contributed by atoms with Gasteiger partial charge in [0.2, 0.25) is 0 Å². The van der Waals surface area contributed by atoms with Crippen molar-refractivity contribution in [2.75, 3.05) is 13.2 Å². The summed E-state index contributed by atoms with van der Waals surface area (Å²) in [6.07, 6.45) is 7.24. The molecule has 2 saturated heterocycles. The molecular weight excluding hydrogens is 220 g/mol. The Bertz CT molecular complexity index is 323. The highest BCUT2D eigenvalue weighted by Gasteiger charge is 2.52. The lowest BCUT2D eigenvalue weighted by atomic mass is 10.0. The zero-order valence-electron chi connectivity index (χ0n) is 10.1. The summed E-state index contributed by atoms with van der Waals surface area (Å²) < 4.78 is 11.2. The quantitative estimate of drug-likeness (QED) is 0.776. The Kier molecular flexibility index (Phi) is 3.99. The molecule has 0 amide bonds. The first-order chi connectivity index (χ1) is 8.22. The zero-order chi connectivity index (χ0) is 12.3. The van der Waals surface area contributed by atoms with Gasteiger partial charge in [-0.25, -0.2) is 0 Å². The molecule has 0 radical (unpaired) electrons. The van der Waals surface area contributed by atoms with Crippen LogP contribution in [-0.2, 0) is 9.47 Å². The van der Waals surface area contributed by atoms with Crippen molar-refractivity contribution in [1.29, 1.82) is 0 Å². The van der Waals surface area contributed by atoms with Gasteiger partial charge in [0.25, 0.3) is 0 Å². The lowest BCUT2D eigenvalue weighted by Crippen LogP contribution is -2.40. The molecule has 0 aromatic heterocycles. The number of hydrogen-bond donors (Lipinski definition) is 2. The van der Waals surface area contributed by atoms with Crippen LogP contribution in [-0.4, -0.2) is 41.4 Å². The van der Waals surface area contributed by atoms with Gasteiger partial charge in [-0.2, -0.15) is 0 Å². The standard InChI is InChI=1S/C13H20O4/c1-2-3-4-5-10-9-16-13(12(10)15)7-6-11(8-14)17-13/h3-5,11-12,14-15H,2,6-9H2,1H3/b4-3-,10-5-/t11-,12-,13-/m0/s1. The van der Waals surface area contributed by atoms with E-state index < -0.39 is 11.9 Å². The van der Waals surface area contributed by atoms with Gasteiger partial charge in [0, 0.05) is 6.42 Å². The molecule has 0 bridgehead atoms. The Morgan fingerprint density at radius 1 is 1.53 bits per heavy atom. The molecule has 2 aliphatic heterocycles. The number of aliphatic hydroxyl groups is 2. The summed E-state index contributed by atoms with van der Waals surface area (Å²) in [5.41, 5.74) is 0.841. The van der Waals surface area contributed by atoms with Gasteiger partial charge in [0.15, 0.2) is 5.79 Å². The van der Waals surface area contributed by atoms with Crippen LogP contribution in [0.2, 0.25) is 0 Å². The monoisotopic (exact) mass is 240 g/mol. The lowest BCUT2D eigenvalue weighted by molar-refractivity contribution is -0.237. The fraction of sp³-hybridized carbons (Fsp3) is 0.692. The SMILES string of the molecule is CC/C=C\C=C1\CO[C@]2(CC[C@@H](CO)O2)[C@H]1O. The van der Waals surface area contributed by atoms with E-state index in [4.69, 9.17) is 14.6 Å². The molecule has 3 atom stereocenters. The summed E-state index contributed by atoms with van der Waals surface area (Å²) >= 11 is 0. The number of allylic oxidation sites excluding steroid dienone is 3. The van der Waals surface area contributed by atoms with E-state index >= 15 is 0 Å². The van der Waals surface area contributed by atoms with Crippen LogP contribution < -0.4 is 0 Å². The Labute approximate surface area is 102 Å². The number of rotatable bonds is 3. The van der Waals surface area contributed by atoms with E-state index in [0.29, 0.717) is 13.0 Å². The van der Waals surface area contributed by atoms with Crippen LogP contribution in [0.5, 0.6) is 0 Å². The maximum Gasteiger partial charge on any atom is 0.199 e. The maximum absolute atomic E-state index is 10.2. The molecule has 0 aromatic carbocycles. The molecule has 2 N–H and O–H groups in total. The molecule has 96 valence electrons. The van der Waals surface area contributed by atoms with Gasteiger partial charge in [0.1, 0.15) is 6.10 Å². The molecule has 4 nitrogen and oxygen atoms in total. The molecule has 1 spiro atoms. The average Bonchev–Trinajstić information content (AvgIpc) is 2.89. The van der Waals surface area contributed by atoms with Crippen LogP contribution in [0.4, 0.5) is 0 Å². The van der Waals surface area contributed by atoms with E-state index in [2.05, 4.69) is 6.92 Å². The minimum atomic E-state index is -0.917. The molecule has 2 aliphatic rings. The van der Waals surface area contributed by atoms with Gasteiger partial charge in [-0.1, -0.05) is 25.2 Å². The summed E-state index contributed by atoms with van der Waals surface area (Å²) in [6.45, 7) is 2.43. The molecule has 2 heterocycles. The molecule has 0 unspecified atom stereocenters. The highest BCUT2D eigenvalue weighted by molar-refractivity contribution is 5.23. The van der Waals surface area contributed by atoms with Crippen molar-refractivity contribution < 1.29 is 19.7 Å². The molecule has 0 saturated carbocycles. The van der Waals surface area contributed by atoms with Gasteiger partial charge in [-0.15, -0.1) is 0 Å². The predicted octanol–water partition coefficient (Wildman–Crippen LogP) is 1.14. The van der Waals surface area contributed by atoms with Crippen molar-refractivity contribution in [3.63, 3.8) is 0 Å². The van der Waals surface area contributed by atoms with Crippen molar-refractivity contribution in [3.05, 3.63) is 23.8 Å². The fourth-order valence-corrected chi connectivity index (χ4v) is 2.31. The molecule has 0 aromatic rings. The van der Waals surface area contributed by atoms with Gasteiger partial charge < -0.3 is 19.7 Å². The summed E-state index contributed by atoms with van der Waals surface area (Å²) in [4.78, 5) is 0. The van der Waals surface area contributed by atoms with Crippen LogP contribution in [0.1, 0.15) is 26.2 Å². The molecule has 2 fully saturated rings.